The molecule has 0 radical (unpaired) electrons. The third-order valence-electron chi connectivity index (χ3n) is 4.83. The van der Waals surface area contributed by atoms with Gasteiger partial charge in [-0.15, -0.1) is 11.8 Å². The van der Waals surface area contributed by atoms with Crippen molar-refractivity contribution in [2.75, 3.05) is 17.7 Å². The van der Waals surface area contributed by atoms with Gasteiger partial charge in [0.05, 0.1) is 0 Å². The van der Waals surface area contributed by atoms with Crippen LogP contribution in [0.5, 0.6) is 0 Å². The Labute approximate surface area is 162 Å². The maximum absolute atomic E-state index is 11.7. The first-order chi connectivity index (χ1) is 13.2. The average molecular weight is 376 g/mol. The highest BCUT2D eigenvalue weighted by atomic mass is 32.2. The average Bonchev–Trinajstić information content (AvgIpc) is 2.73. The number of benzene rings is 1. The van der Waals surface area contributed by atoms with Crippen molar-refractivity contribution in [3.8, 4) is 22.3 Å². The summed E-state index contributed by atoms with van der Waals surface area (Å²) >= 11 is 1.73. The van der Waals surface area contributed by atoms with Crippen LogP contribution in [0.3, 0.4) is 0 Å². The number of nitrogens with two attached hydrogens (primary N) is 1. The molecule has 2 N–H and O–H groups in total. The first-order valence-electron chi connectivity index (χ1n) is 8.82. The number of aromatic nitrogens is 2. The van der Waals surface area contributed by atoms with Crippen LogP contribution < -0.4 is 10.6 Å². The lowest BCUT2D eigenvalue weighted by atomic mass is 9.95. The van der Waals surface area contributed by atoms with E-state index in [1.54, 1.807) is 22.9 Å². The summed E-state index contributed by atoms with van der Waals surface area (Å²) in [5.74, 6) is 0.673. The summed E-state index contributed by atoms with van der Waals surface area (Å²) in [4.78, 5) is 23.3. The number of aryl methyl sites for hydroxylation is 1. The van der Waals surface area contributed by atoms with Gasteiger partial charge in [-0.25, -0.2) is 9.78 Å². The van der Waals surface area contributed by atoms with E-state index in [0.29, 0.717) is 12.4 Å². The number of rotatable bonds is 3. The smallest absolute Gasteiger partial charge is 0.320 e. The number of anilines is 1. The summed E-state index contributed by atoms with van der Waals surface area (Å²) < 4.78 is 0. The number of urea groups is 1. The predicted molar refractivity (Wildman–Crippen MR) is 110 cm³/mol. The number of amides is 2. The molecule has 1 aromatic carbocycles. The Morgan fingerprint density at radius 3 is 2.67 bits per heavy atom. The van der Waals surface area contributed by atoms with Crippen LogP contribution >= 0.6 is 11.8 Å². The summed E-state index contributed by atoms with van der Waals surface area (Å²) in [6, 6.07) is 12.2. The Morgan fingerprint density at radius 1 is 1.11 bits per heavy atom. The van der Waals surface area contributed by atoms with E-state index in [2.05, 4.69) is 46.6 Å². The highest BCUT2D eigenvalue weighted by Crippen LogP contribution is 2.35. The van der Waals surface area contributed by atoms with E-state index in [1.807, 2.05) is 18.5 Å². The van der Waals surface area contributed by atoms with E-state index < -0.39 is 6.03 Å². The largest absolute Gasteiger partial charge is 0.351 e. The van der Waals surface area contributed by atoms with Crippen molar-refractivity contribution in [3.05, 3.63) is 60.6 Å². The minimum absolute atomic E-state index is 0.452. The van der Waals surface area contributed by atoms with Gasteiger partial charge in [0, 0.05) is 41.2 Å². The Morgan fingerprint density at radius 2 is 1.93 bits per heavy atom. The fraction of sp³-hybridized carbons (Fsp3) is 0.190. The van der Waals surface area contributed by atoms with Crippen LogP contribution in [0.15, 0.2) is 59.9 Å². The molecule has 1 aliphatic rings. The van der Waals surface area contributed by atoms with Gasteiger partial charge < -0.3 is 5.73 Å². The van der Waals surface area contributed by atoms with Crippen LogP contribution in [0.2, 0.25) is 0 Å². The van der Waals surface area contributed by atoms with Gasteiger partial charge in [0.1, 0.15) is 5.82 Å². The summed E-state index contributed by atoms with van der Waals surface area (Å²) in [5.41, 5.74) is 10.8. The molecule has 136 valence electrons. The molecule has 4 rings (SSSR count). The van der Waals surface area contributed by atoms with Crippen LogP contribution in [-0.2, 0) is 6.42 Å². The molecular weight excluding hydrogens is 356 g/mol. The number of fused-ring (bicyclic) bond motifs is 1. The fourth-order valence-corrected chi connectivity index (χ4v) is 3.88. The number of carbonyl (C=O) groups excluding carboxylic acids is 1. The summed E-state index contributed by atoms with van der Waals surface area (Å²) in [6.07, 6.45) is 9.32. The molecule has 2 aromatic heterocycles. The standard InChI is InChI=1S/C21H20N4OS/c1-27-17-6-4-14(5-7-17)18-8-9-23-13-19(18)16-11-15-3-2-10-25(21(22)26)20(15)24-12-16/h4-9,11-13H,2-3,10H2,1H3,(H2,22,26). The van der Waals surface area contributed by atoms with Gasteiger partial charge in [0.15, 0.2) is 0 Å². The number of hydrogen-bond donors (Lipinski definition) is 1. The van der Waals surface area contributed by atoms with E-state index >= 15 is 0 Å². The predicted octanol–water partition coefficient (Wildman–Crippen LogP) is 4.36. The van der Waals surface area contributed by atoms with E-state index in [0.717, 1.165) is 40.7 Å². The first kappa shape index (κ1) is 17.5. The Balaban J connectivity index is 1.77. The molecule has 2 amide bonds. The second-order valence-corrected chi connectivity index (χ2v) is 7.33. The Kier molecular flexibility index (Phi) is 4.81. The Hall–Kier alpha value is -2.86. The molecule has 5 nitrogen and oxygen atoms in total. The van der Waals surface area contributed by atoms with Gasteiger partial charge in [0.2, 0.25) is 0 Å². The van der Waals surface area contributed by atoms with E-state index in [1.165, 1.54) is 4.90 Å². The van der Waals surface area contributed by atoms with Crippen molar-refractivity contribution in [2.24, 2.45) is 5.73 Å². The maximum Gasteiger partial charge on any atom is 0.320 e. The zero-order valence-corrected chi connectivity index (χ0v) is 15.9. The van der Waals surface area contributed by atoms with Crippen LogP contribution in [-0.4, -0.2) is 28.8 Å². The highest BCUT2D eigenvalue weighted by molar-refractivity contribution is 7.98. The van der Waals surface area contributed by atoms with Gasteiger partial charge in [0.25, 0.3) is 0 Å². The van der Waals surface area contributed by atoms with Gasteiger partial charge in [-0.2, -0.15) is 0 Å². The lowest BCUT2D eigenvalue weighted by Crippen LogP contribution is -2.40. The molecule has 3 aromatic rings. The SMILES string of the molecule is CSc1ccc(-c2ccncc2-c2cnc3c(c2)CCCN3C(N)=O)cc1. The molecule has 0 unspecified atom stereocenters. The number of nitrogens with zero attached hydrogens (tertiary/aromatic N) is 3. The molecule has 0 saturated carbocycles. The zero-order chi connectivity index (χ0) is 18.8. The summed E-state index contributed by atoms with van der Waals surface area (Å²) in [7, 11) is 0. The number of primary amides is 1. The lowest BCUT2D eigenvalue weighted by molar-refractivity contribution is 0.253. The first-order valence-corrected chi connectivity index (χ1v) is 10.0. The third kappa shape index (κ3) is 3.40. The van der Waals surface area contributed by atoms with Gasteiger partial charge >= 0.3 is 6.03 Å². The van der Waals surface area contributed by atoms with E-state index in [-0.39, 0.29) is 0 Å². The number of hydrogen-bond acceptors (Lipinski definition) is 4. The molecule has 0 bridgehead atoms. The van der Waals surface area contributed by atoms with Crippen molar-refractivity contribution >= 4 is 23.6 Å². The quantitative estimate of drug-likeness (QED) is 0.689. The van der Waals surface area contributed by atoms with Crippen LogP contribution in [0.25, 0.3) is 22.3 Å². The van der Waals surface area contributed by atoms with Crippen LogP contribution in [0.1, 0.15) is 12.0 Å². The second-order valence-electron chi connectivity index (χ2n) is 6.45. The Bertz CT molecular complexity index is 988. The number of carbonyl (C=O) groups is 1. The topological polar surface area (TPSA) is 72.1 Å². The van der Waals surface area contributed by atoms with Gasteiger partial charge in [-0.05, 0) is 60.1 Å². The molecule has 3 heterocycles. The fourth-order valence-electron chi connectivity index (χ4n) is 3.47. The lowest BCUT2D eigenvalue weighted by Gasteiger charge is -2.27. The molecule has 0 saturated heterocycles. The summed E-state index contributed by atoms with van der Waals surface area (Å²) in [6.45, 7) is 0.620. The minimum Gasteiger partial charge on any atom is -0.351 e. The molecule has 1 aliphatic heterocycles. The molecule has 0 spiro atoms. The van der Waals surface area contributed by atoms with E-state index in [4.69, 9.17) is 5.73 Å². The van der Waals surface area contributed by atoms with Crippen LogP contribution in [0.4, 0.5) is 10.6 Å². The molecular formula is C21H20N4OS. The number of thioether (sulfide) groups is 1. The summed E-state index contributed by atoms with van der Waals surface area (Å²) in [5, 5.41) is 0. The van der Waals surface area contributed by atoms with Crippen molar-refractivity contribution in [2.45, 2.75) is 17.7 Å². The van der Waals surface area contributed by atoms with Gasteiger partial charge in [-0.1, -0.05) is 12.1 Å². The molecule has 0 fully saturated rings. The maximum atomic E-state index is 11.7. The number of pyridine rings is 2. The van der Waals surface area contributed by atoms with Crippen molar-refractivity contribution in [1.29, 1.82) is 0 Å². The normalized spacial score (nSPS) is 13.3. The molecule has 27 heavy (non-hydrogen) atoms. The van der Waals surface area contributed by atoms with Crippen molar-refractivity contribution in [3.63, 3.8) is 0 Å². The molecule has 0 atom stereocenters. The van der Waals surface area contributed by atoms with Gasteiger partial charge in [-0.3, -0.25) is 9.88 Å². The molecule has 0 aliphatic carbocycles. The monoisotopic (exact) mass is 376 g/mol. The van der Waals surface area contributed by atoms with Crippen molar-refractivity contribution < 1.29 is 4.79 Å². The highest BCUT2D eigenvalue weighted by Gasteiger charge is 2.22. The van der Waals surface area contributed by atoms with E-state index in [9.17, 15) is 4.79 Å². The second kappa shape index (κ2) is 7.40. The third-order valence-corrected chi connectivity index (χ3v) is 5.57. The molecule has 6 heteroatoms. The van der Waals surface area contributed by atoms with Crippen molar-refractivity contribution in [1.82, 2.24) is 9.97 Å². The van der Waals surface area contributed by atoms with Crippen LogP contribution in [0, 0.1) is 0 Å². The zero-order valence-electron chi connectivity index (χ0n) is 15.1. The minimum atomic E-state index is -0.452.